The number of likely N-dealkylation sites (N-methyl/N-ethyl adjacent to an activating group) is 2. The van der Waals surface area contributed by atoms with Crippen molar-refractivity contribution >= 4 is 16.0 Å². The van der Waals surface area contributed by atoms with E-state index in [9.17, 15) is 18.3 Å². The predicted molar refractivity (Wildman–Crippen MR) is 78.0 cm³/mol. The van der Waals surface area contributed by atoms with Gasteiger partial charge in [0.05, 0.1) is 0 Å². The second kappa shape index (κ2) is 5.78. The lowest BCUT2D eigenvalue weighted by Crippen LogP contribution is -2.33. The van der Waals surface area contributed by atoms with Gasteiger partial charge in [-0.1, -0.05) is 0 Å². The molecule has 0 aromatic carbocycles. The topological polar surface area (TPSA) is 82.8 Å². The molecule has 21 heavy (non-hydrogen) atoms. The second-order valence-electron chi connectivity index (χ2n) is 5.63. The van der Waals surface area contributed by atoms with Gasteiger partial charge in [0, 0.05) is 32.4 Å². The van der Waals surface area contributed by atoms with Crippen LogP contribution in [0.3, 0.4) is 0 Å². The summed E-state index contributed by atoms with van der Waals surface area (Å²) in [5, 5.41) is 9.20. The number of carbonyl (C=O) groups is 1. The quantitative estimate of drug-likeness (QED) is 0.801. The number of hydrogen-bond donors (Lipinski definition) is 1. The molecule has 0 bridgehead atoms. The molecule has 0 amide bonds. The first-order valence-corrected chi connectivity index (χ1v) is 8.23. The van der Waals surface area contributed by atoms with E-state index < -0.39 is 16.0 Å². The summed E-state index contributed by atoms with van der Waals surface area (Å²) in [6, 6.07) is 1.37. The van der Waals surface area contributed by atoms with Crippen LogP contribution in [0.25, 0.3) is 0 Å². The largest absolute Gasteiger partial charge is 0.477 e. The van der Waals surface area contributed by atoms with Crippen molar-refractivity contribution in [1.29, 1.82) is 0 Å². The van der Waals surface area contributed by atoms with Crippen LogP contribution in [0.1, 0.15) is 29.4 Å². The fourth-order valence-electron chi connectivity index (χ4n) is 2.06. The molecule has 1 aromatic heterocycles. The Morgan fingerprint density at radius 2 is 1.95 bits per heavy atom. The first-order valence-electron chi connectivity index (χ1n) is 6.79. The van der Waals surface area contributed by atoms with Crippen LogP contribution in [-0.2, 0) is 10.0 Å². The van der Waals surface area contributed by atoms with Gasteiger partial charge in [0.1, 0.15) is 10.6 Å². The monoisotopic (exact) mass is 315 g/mol. The Hall–Kier alpha value is -1.38. The van der Waals surface area contributed by atoms with Crippen LogP contribution in [0.4, 0.5) is 0 Å². The van der Waals surface area contributed by atoms with Crippen LogP contribution in [0.5, 0.6) is 0 Å². The minimum atomic E-state index is -3.65. The number of aromatic nitrogens is 1. The highest BCUT2D eigenvalue weighted by Crippen LogP contribution is 2.37. The number of nitrogens with zero attached hydrogens (tertiary/aromatic N) is 3. The van der Waals surface area contributed by atoms with Gasteiger partial charge in [-0.05, 0) is 33.0 Å². The van der Waals surface area contributed by atoms with E-state index in [0.29, 0.717) is 13.1 Å². The van der Waals surface area contributed by atoms with E-state index in [4.69, 9.17) is 0 Å². The van der Waals surface area contributed by atoms with Gasteiger partial charge in [-0.2, -0.15) is 4.31 Å². The molecular formula is C13H21N3O4S. The van der Waals surface area contributed by atoms with Crippen molar-refractivity contribution in [3.8, 4) is 0 Å². The zero-order chi connectivity index (χ0) is 15.8. The zero-order valence-electron chi connectivity index (χ0n) is 12.5. The van der Waals surface area contributed by atoms with Gasteiger partial charge in [0.15, 0.2) is 0 Å². The summed E-state index contributed by atoms with van der Waals surface area (Å²) < 4.78 is 27.8. The van der Waals surface area contributed by atoms with E-state index in [0.717, 1.165) is 12.8 Å². The fraction of sp³-hybridized carbons (Fsp3) is 0.615. The number of carboxylic acids is 1. The molecular weight excluding hydrogens is 294 g/mol. The highest BCUT2D eigenvalue weighted by molar-refractivity contribution is 7.89. The highest BCUT2D eigenvalue weighted by atomic mass is 32.2. The van der Waals surface area contributed by atoms with E-state index in [1.54, 1.807) is 4.57 Å². The third kappa shape index (κ3) is 3.45. The maximum atomic E-state index is 12.5. The van der Waals surface area contributed by atoms with Crippen LogP contribution in [-0.4, -0.2) is 67.5 Å². The maximum Gasteiger partial charge on any atom is 0.352 e. The molecule has 2 rings (SSSR count). The molecule has 1 saturated carbocycles. The van der Waals surface area contributed by atoms with Crippen molar-refractivity contribution in [2.45, 2.75) is 23.8 Å². The Labute approximate surface area is 124 Å². The lowest BCUT2D eigenvalue weighted by molar-refractivity contribution is 0.0685. The lowest BCUT2D eigenvalue weighted by atomic mass is 10.4. The number of sulfonamides is 1. The molecule has 0 atom stereocenters. The molecule has 0 aliphatic heterocycles. The van der Waals surface area contributed by atoms with E-state index >= 15 is 0 Å². The van der Waals surface area contributed by atoms with E-state index in [2.05, 4.69) is 0 Å². The van der Waals surface area contributed by atoms with Gasteiger partial charge < -0.3 is 14.6 Å². The minimum Gasteiger partial charge on any atom is -0.477 e. The maximum absolute atomic E-state index is 12.5. The van der Waals surface area contributed by atoms with Gasteiger partial charge in [0.2, 0.25) is 10.0 Å². The first kappa shape index (κ1) is 16.0. The average molecular weight is 315 g/mol. The molecule has 8 heteroatoms. The molecule has 1 aliphatic carbocycles. The number of rotatable bonds is 7. The summed E-state index contributed by atoms with van der Waals surface area (Å²) >= 11 is 0. The Morgan fingerprint density at radius 1 is 1.33 bits per heavy atom. The van der Waals surface area contributed by atoms with Gasteiger partial charge in [-0.15, -0.1) is 0 Å². The average Bonchev–Trinajstić information content (AvgIpc) is 3.13. The zero-order valence-corrected chi connectivity index (χ0v) is 13.3. The second-order valence-corrected chi connectivity index (χ2v) is 7.68. The Kier molecular flexibility index (Phi) is 4.40. The molecule has 1 N–H and O–H groups in total. The van der Waals surface area contributed by atoms with Gasteiger partial charge in [-0.3, -0.25) is 0 Å². The molecule has 1 aromatic rings. The predicted octanol–water partition coefficient (Wildman–Crippen LogP) is 0.703. The third-order valence-corrected chi connectivity index (χ3v) is 5.38. The van der Waals surface area contributed by atoms with Crippen LogP contribution >= 0.6 is 0 Å². The molecule has 7 nitrogen and oxygen atoms in total. The molecule has 0 saturated heterocycles. The van der Waals surface area contributed by atoms with E-state index in [1.807, 2.05) is 19.0 Å². The summed E-state index contributed by atoms with van der Waals surface area (Å²) in [4.78, 5) is 13.2. The standard InChI is InChI=1S/C13H21N3O4S/c1-14(2)6-7-15(3)21(19,20)11-8-12(13(17)18)16(9-11)10-4-5-10/h8-10H,4-7H2,1-3H3,(H,17,18). The summed E-state index contributed by atoms with van der Waals surface area (Å²) in [6.45, 7) is 0.956. The summed E-state index contributed by atoms with van der Waals surface area (Å²) in [5.74, 6) is -1.10. The van der Waals surface area contributed by atoms with E-state index in [-0.39, 0.29) is 16.6 Å². The summed E-state index contributed by atoms with van der Waals surface area (Å²) in [6.07, 6.45) is 3.23. The molecule has 0 unspecified atom stereocenters. The van der Waals surface area contributed by atoms with Crippen molar-refractivity contribution in [2.75, 3.05) is 34.2 Å². The molecule has 118 valence electrons. The molecule has 1 aliphatic rings. The number of carboxylic acid groups (broad SMARTS) is 1. The number of hydrogen-bond acceptors (Lipinski definition) is 4. The first-order chi connectivity index (χ1) is 9.73. The van der Waals surface area contributed by atoms with Crippen molar-refractivity contribution in [2.24, 2.45) is 0 Å². The molecule has 1 heterocycles. The lowest BCUT2D eigenvalue weighted by Gasteiger charge is -2.18. The SMILES string of the molecule is CN(C)CCN(C)S(=O)(=O)c1cc(C(=O)O)n(C2CC2)c1. The normalized spacial score (nSPS) is 15.9. The Morgan fingerprint density at radius 3 is 2.43 bits per heavy atom. The van der Waals surface area contributed by atoms with Crippen LogP contribution in [0.2, 0.25) is 0 Å². The summed E-state index contributed by atoms with van der Waals surface area (Å²) in [7, 11) is 1.59. The molecule has 1 fully saturated rings. The van der Waals surface area contributed by atoms with Crippen molar-refractivity contribution in [3.05, 3.63) is 18.0 Å². The van der Waals surface area contributed by atoms with Crippen molar-refractivity contribution in [3.63, 3.8) is 0 Å². The number of aromatic carboxylic acids is 1. The third-order valence-electron chi connectivity index (χ3n) is 3.55. The van der Waals surface area contributed by atoms with Gasteiger partial charge >= 0.3 is 5.97 Å². The van der Waals surface area contributed by atoms with Crippen LogP contribution < -0.4 is 0 Å². The van der Waals surface area contributed by atoms with Crippen LogP contribution in [0, 0.1) is 0 Å². The Balaban J connectivity index is 2.27. The van der Waals surface area contributed by atoms with Crippen molar-refractivity contribution < 1.29 is 18.3 Å². The van der Waals surface area contributed by atoms with Crippen molar-refractivity contribution in [1.82, 2.24) is 13.8 Å². The molecule has 0 radical (unpaired) electrons. The highest BCUT2D eigenvalue weighted by Gasteiger charge is 2.31. The van der Waals surface area contributed by atoms with Crippen LogP contribution in [0.15, 0.2) is 17.2 Å². The summed E-state index contributed by atoms with van der Waals surface area (Å²) in [5.41, 5.74) is 0.0390. The fourth-order valence-corrected chi connectivity index (χ4v) is 3.25. The Bertz CT molecular complexity index is 632. The van der Waals surface area contributed by atoms with Gasteiger partial charge in [0.25, 0.3) is 0 Å². The minimum absolute atomic E-state index is 0.0390. The molecule has 0 spiro atoms. The van der Waals surface area contributed by atoms with E-state index in [1.165, 1.54) is 23.6 Å². The smallest absolute Gasteiger partial charge is 0.352 e. The van der Waals surface area contributed by atoms with Gasteiger partial charge in [-0.25, -0.2) is 13.2 Å².